The van der Waals surface area contributed by atoms with E-state index in [2.05, 4.69) is 36.1 Å². The molecular weight excluding hydrogens is 400 g/mol. The largest absolute Gasteiger partial charge is 0.496 e. The van der Waals surface area contributed by atoms with Crippen LogP contribution in [0.25, 0.3) is 11.4 Å². The Bertz CT molecular complexity index is 1120. The van der Waals surface area contributed by atoms with Crippen LogP contribution in [0.15, 0.2) is 36.4 Å². The second kappa shape index (κ2) is 8.22. The molecule has 1 aliphatic heterocycles. The Morgan fingerprint density at radius 2 is 1.77 bits per heavy atom. The second-order valence-electron chi connectivity index (χ2n) is 7.56. The zero-order valence-corrected chi connectivity index (χ0v) is 18.4. The fourth-order valence-electron chi connectivity index (χ4n) is 3.98. The number of ether oxygens (including phenoxy) is 2. The van der Waals surface area contributed by atoms with Gasteiger partial charge < -0.3 is 19.1 Å². The first-order chi connectivity index (χ1) is 14.4. The van der Waals surface area contributed by atoms with Crippen molar-refractivity contribution in [2.75, 3.05) is 20.8 Å². The lowest BCUT2D eigenvalue weighted by Crippen LogP contribution is -2.36. The van der Waals surface area contributed by atoms with Crippen molar-refractivity contribution in [3.05, 3.63) is 57.9 Å². The third kappa shape index (κ3) is 3.62. The van der Waals surface area contributed by atoms with Gasteiger partial charge >= 0.3 is 0 Å². The molecule has 0 spiro atoms. The molecule has 0 radical (unpaired) electrons. The summed E-state index contributed by atoms with van der Waals surface area (Å²) in [6, 6.07) is 11.9. The molecule has 2 heterocycles. The number of nitrogens with zero attached hydrogens (tertiary/aromatic N) is 4. The van der Waals surface area contributed by atoms with Crippen molar-refractivity contribution in [2.45, 2.75) is 26.2 Å². The molecule has 2 aromatic carbocycles. The summed E-state index contributed by atoms with van der Waals surface area (Å²) >= 11 is 5.63. The monoisotopic (exact) mass is 426 g/mol. The zero-order chi connectivity index (χ0) is 21.4. The van der Waals surface area contributed by atoms with Gasteiger partial charge in [-0.3, -0.25) is 4.90 Å². The number of hydrogen-bond acceptors (Lipinski definition) is 6. The van der Waals surface area contributed by atoms with E-state index >= 15 is 0 Å². The Labute approximate surface area is 181 Å². The number of fused-ring (bicyclic) bond motifs is 1. The summed E-state index contributed by atoms with van der Waals surface area (Å²) in [7, 11) is 5.17. The molecule has 1 aromatic heterocycles. The van der Waals surface area contributed by atoms with Gasteiger partial charge in [-0.15, -0.1) is 0 Å². The highest BCUT2D eigenvalue weighted by molar-refractivity contribution is 7.71. The molecule has 0 saturated heterocycles. The predicted molar refractivity (Wildman–Crippen MR) is 117 cm³/mol. The van der Waals surface area contributed by atoms with Crippen LogP contribution in [0.5, 0.6) is 11.5 Å². The smallest absolute Gasteiger partial charge is 0.199 e. The van der Waals surface area contributed by atoms with Crippen LogP contribution >= 0.6 is 12.2 Å². The highest BCUT2D eigenvalue weighted by Crippen LogP contribution is 2.39. The van der Waals surface area contributed by atoms with Crippen molar-refractivity contribution in [1.29, 1.82) is 0 Å². The van der Waals surface area contributed by atoms with E-state index in [-0.39, 0.29) is 0 Å². The summed E-state index contributed by atoms with van der Waals surface area (Å²) in [4.78, 5) is 2.11. The van der Waals surface area contributed by atoms with Gasteiger partial charge in [-0.2, -0.15) is 5.10 Å². The highest BCUT2D eigenvalue weighted by Gasteiger charge is 2.30. The van der Waals surface area contributed by atoms with Crippen molar-refractivity contribution in [1.82, 2.24) is 19.2 Å². The number of aryl methyl sites for hydroxylation is 1. The first kappa shape index (κ1) is 20.6. The highest BCUT2D eigenvalue weighted by atomic mass is 32.1. The summed E-state index contributed by atoms with van der Waals surface area (Å²) in [6.07, 6.45) is -0.687. The van der Waals surface area contributed by atoms with E-state index in [9.17, 15) is 5.11 Å². The number of methoxy groups -OCH3 is 2. The van der Waals surface area contributed by atoms with E-state index in [1.54, 1.807) is 18.9 Å². The third-order valence-electron chi connectivity index (χ3n) is 5.54. The molecule has 0 amide bonds. The van der Waals surface area contributed by atoms with Gasteiger partial charge in [0.2, 0.25) is 0 Å². The van der Waals surface area contributed by atoms with Crippen molar-refractivity contribution in [2.24, 2.45) is 7.05 Å². The summed E-state index contributed by atoms with van der Waals surface area (Å²) in [5, 5.41) is 15.6. The van der Waals surface area contributed by atoms with Gasteiger partial charge in [-0.05, 0) is 31.3 Å². The number of β-amino-alcohol motifs (C(OH)–C–C–N with tert-alkyl or cyclic N) is 1. The fraction of sp³-hybridized carbons (Fsp3) is 0.364. The zero-order valence-electron chi connectivity index (χ0n) is 17.6. The molecule has 30 heavy (non-hydrogen) atoms. The maximum atomic E-state index is 10.8. The summed E-state index contributed by atoms with van der Waals surface area (Å²) in [6.45, 7) is 3.58. The molecule has 1 aliphatic rings. The Kier molecular flexibility index (Phi) is 5.64. The van der Waals surface area contributed by atoms with Crippen LogP contribution in [0.3, 0.4) is 0 Å². The number of aliphatic hydroxyl groups excluding tert-OH is 1. The second-order valence-corrected chi connectivity index (χ2v) is 7.93. The van der Waals surface area contributed by atoms with Crippen LogP contribution in [0, 0.1) is 11.7 Å². The van der Waals surface area contributed by atoms with Gasteiger partial charge in [-0.25, -0.2) is 4.68 Å². The Hall–Kier alpha value is -2.68. The fourth-order valence-corrected chi connectivity index (χ4v) is 4.16. The van der Waals surface area contributed by atoms with Crippen LogP contribution in [0.2, 0.25) is 0 Å². The maximum Gasteiger partial charge on any atom is 0.199 e. The number of aromatic nitrogens is 3. The van der Waals surface area contributed by atoms with Crippen LogP contribution in [0.4, 0.5) is 0 Å². The molecule has 7 nitrogen and oxygen atoms in total. The molecule has 0 fully saturated rings. The molecule has 8 heteroatoms. The van der Waals surface area contributed by atoms with Crippen LogP contribution < -0.4 is 9.47 Å². The lowest BCUT2D eigenvalue weighted by molar-refractivity contribution is 0.0670. The molecule has 3 aromatic rings. The van der Waals surface area contributed by atoms with Gasteiger partial charge in [0.05, 0.1) is 27.0 Å². The average molecular weight is 427 g/mol. The number of rotatable bonds is 5. The summed E-state index contributed by atoms with van der Waals surface area (Å²) in [5.74, 6) is 2.23. The van der Waals surface area contributed by atoms with Gasteiger partial charge in [0.1, 0.15) is 11.5 Å². The Morgan fingerprint density at radius 3 is 2.43 bits per heavy atom. The Balaban J connectivity index is 1.64. The first-order valence-corrected chi connectivity index (χ1v) is 10.2. The number of hydrogen-bond donors (Lipinski definition) is 1. The molecule has 0 saturated carbocycles. The van der Waals surface area contributed by atoms with Gasteiger partial charge in [-0.1, -0.05) is 29.8 Å². The van der Waals surface area contributed by atoms with E-state index in [1.807, 2.05) is 23.7 Å². The quantitative estimate of drug-likeness (QED) is 0.631. The van der Waals surface area contributed by atoms with Crippen molar-refractivity contribution < 1.29 is 14.6 Å². The lowest BCUT2D eigenvalue weighted by Gasteiger charge is -2.33. The van der Waals surface area contributed by atoms with Gasteiger partial charge in [0.25, 0.3) is 0 Å². The van der Waals surface area contributed by atoms with Crippen LogP contribution in [0.1, 0.15) is 22.8 Å². The predicted octanol–water partition coefficient (Wildman–Crippen LogP) is 3.45. The summed E-state index contributed by atoms with van der Waals surface area (Å²) < 4.78 is 15.3. The lowest BCUT2D eigenvalue weighted by atomic mass is 9.95. The van der Waals surface area contributed by atoms with E-state index in [0.29, 0.717) is 30.3 Å². The van der Waals surface area contributed by atoms with Gasteiger partial charge in [0.15, 0.2) is 10.6 Å². The van der Waals surface area contributed by atoms with Crippen molar-refractivity contribution >= 4 is 12.2 Å². The van der Waals surface area contributed by atoms with E-state index in [1.165, 1.54) is 5.56 Å². The van der Waals surface area contributed by atoms with E-state index < -0.39 is 6.10 Å². The first-order valence-electron chi connectivity index (χ1n) is 9.78. The Morgan fingerprint density at radius 1 is 1.10 bits per heavy atom. The van der Waals surface area contributed by atoms with E-state index in [4.69, 9.17) is 26.8 Å². The van der Waals surface area contributed by atoms with Crippen LogP contribution in [-0.2, 0) is 20.3 Å². The average Bonchev–Trinajstić information content (AvgIpc) is 3.02. The van der Waals surface area contributed by atoms with Crippen LogP contribution in [-0.4, -0.2) is 45.1 Å². The third-order valence-corrected chi connectivity index (χ3v) is 6.03. The minimum Gasteiger partial charge on any atom is -0.496 e. The number of aliphatic hydroxyl groups is 1. The normalized spacial score (nSPS) is 16.4. The standard InChI is InChI=1S/C22H26N4O3S/c1-14-5-7-15(8-6-14)21-23-26(22(30)24(21)2)13-25-11-16-18(28-3)9-10-19(29-4)20(16)17(27)12-25/h5-10,17,27H,11-13H2,1-4H3. The molecule has 158 valence electrons. The number of benzene rings is 2. The van der Waals surface area contributed by atoms with Crippen molar-refractivity contribution in [3.63, 3.8) is 0 Å². The minimum absolute atomic E-state index is 0.453. The maximum absolute atomic E-state index is 10.8. The molecule has 1 N–H and O–H groups in total. The van der Waals surface area contributed by atoms with E-state index in [0.717, 1.165) is 28.3 Å². The van der Waals surface area contributed by atoms with Crippen molar-refractivity contribution in [3.8, 4) is 22.9 Å². The minimum atomic E-state index is -0.687. The van der Waals surface area contributed by atoms with Gasteiger partial charge in [0, 0.05) is 36.8 Å². The molecular formula is C22H26N4O3S. The SMILES string of the molecule is COc1ccc(OC)c2c1CN(Cn1nc(-c3ccc(C)cc3)n(C)c1=S)CC2O. The molecule has 0 aliphatic carbocycles. The molecule has 1 unspecified atom stereocenters. The molecule has 0 bridgehead atoms. The summed E-state index contributed by atoms with van der Waals surface area (Å²) in [5.41, 5.74) is 3.93. The molecule has 1 atom stereocenters. The molecule has 4 rings (SSSR count). The topological polar surface area (TPSA) is 64.7 Å².